The zero-order valence-electron chi connectivity index (χ0n) is 10.5. The first-order valence-electron chi connectivity index (χ1n) is 5.68. The van der Waals surface area contributed by atoms with Crippen molar-refractivity contribution in [2.24, 2.45) is 0 Å². The minimum atomic E-state index is -0.161. The molecule has 0 spiro atoms. The molecule has 2 rings (SSSR count). The minimum absolute atomic E-state index is 0.161. The van der Waals surface area contributed by atoms with E-state index in [4.69, 9.17) is 11.6 Å². The van der Waals surface area contributed by atoms with Gasteiger partial charge < -0.3 is 5.32 Å². The number of aryl methyl sites for hydroxylation is 2. The highest BCUT2D eigenvalue weighted by Gasteiger charge is 2.11. The van der Waals surface area contributed by atoms with E-state index in [2.05, 4.69) is 26.2 Å². The van der Waals surface area contributed by atoms with Crippen LogP contribution in [0.25, 0.3) is 0 Å². The molecule has 0 aliphatic rings. The first-order valence-corrected chi connectivity index (χ1v) is 6.85. The second-order valence-corrected chi connectivity index (χ2v) is 5.48. The van der Waals surface area contributed by atoms with Crippen LogP contribution in [0.1, 0.15) is 21.6 Å². The number of amides is 1. The van der Waals surface area contributed by atoms with Gasteiger partial charge in [-0.05, 0) is 43.7 Å². The van der Waals surface area contributed by atoms with Gasteiger partial charge in [0, 0.05) is 10.0 Å². The van der Waals surface area contributed by atoms with E-state index in [1.807, 2.05) is 19.1 Å². The fraction of sp³-hybridized carbons (Fsp3) is 0.143. The van der Waals surface area contributed by atoms with Crippen LogP contribution in [0.4, 0.5) is 5.69 Å². The van der Waals surface area contributed by atoms with E-state index in [0.717, 1.165) is 10.0 Å². The predicted molar refractivity (Wildman–Crippen MR) is 80.8 cm³/mol. The van der Waals surface area contributed by atoms with Crippen LogP contribution in [-0.4, -0.2) is 10.9 Å². The number of nitrogens with one attached hydrogen (secondary N) is 1. The molecule has 0 aliphatic heterocycles. The molecule has 1 N–H and O–H groups in total. The Labute approximate surface area is 125 Å². The van der Waals surface area contributed by atoms with Gasteiger partial charge in [0.1, 0.15) is 5.15 Å². The van der Waals surface area contributed by atoms with Crippen LogP contribution in [0.15, 0.2) is 34.8 Å². The van der Waals surface area contributed by atoms with Crippen molar-refractivity contribution in [1.29, 1.82) is 0 Å². The van der Waals surface area contributed by atoms with Crippen molar-refractivity contribution >= 4 is 39.1 Å². The van der Waals surface area contributed by atoms with Crippen LogP contribution in [-0.2, 0) is 0 Å². The molecule has 0 aliphatic carbocycles. The summed E-state index contributed by atoms with van der Waals surface area (Å²) in [5, 5.41) is 3.25. The number of benzene rings is 1. The molecule has 0 unspecified atom stereocenters. The first-order chi connectivity index (χ1) is 8.97. The van der Waals surface area contributed by atoms with E-state index in [1.165, 1.54) is 0 Å². The van der Waals surface area contributed by atoms with Gasteiger partial charge in [0.25, 0.3) is 5.91 Å². The molecule has 0 bridgehead atoms. The Morgan fingerprint density at radius 2 is 2.00 bits per heavy atom. The predicted octanol–water partition coefficient (Wildman–Crippen LogP) is 4.37. The molecule has 2 aromatic rings. The number of pyridine rings is 1. The third-order valence-corrected chi connectivity index (χ3v) is 3.45. The van der Waals surface area contributed by atoms with Crippen molar-refractivity contribution in [3.05, 3.63) is 56.8 Å². The lowest BCUT2D eigenvalue weighted by Gasteiger charge is -2.10. The molecule has 1 heterocycles. The number of anilines is 1. The SMILES string of the molecule is Cc1ccc(Br)cc1C(=O)Nc1ccc(Cl)nc1C. The number of carbonyl (C=O) groups is 1. The molecular formula is C14H12BrClN2O. The standard InChI is InChI=1S/C14H12BrClN2O/c1-8-3-4-10(15)7-11(8)14(19)18-12-5-6-13(16)17-9(12)2/h3-7H,1-2H3,(H,18,19). The zero-order valence-corrected chi connectivity index (χ0v) is 12.8. The average molecular weight is 340 g/mol. The second-order valence-electron chi connectivity index (χ2n) is 4.18. The lowest BCUT2D eigenvalue weighted by Crippen LogP contribution is -2.14. The summed E-state index contributed by atoms with van der Waals surface area (Å²) < 4.78 is 0.870. The highest BCUT2D eigenvalue weighted by Crippen LogP contribution is 2.20. The topological polar surface area (TPSA) is 42.0 Å². The molecule has 1 aromatic carbocycles. The third kappa shape index (κ3) is 3.33. The number of hydrogen-bond donors (Lipinski definition) is 1. The summed E-state index contributed by atoms with van der Waals surface area (Å²) in [6.45, 7) is 3.70. The Kier molecular flexibility index (Phi) is 4.22. The summed E-state index contributed by atoms with van der Waals surface area (Å²) in [5.74, 6) is -0.161. The molecule has 0 fully saturated rings. The second kappa shape index (κ2) is 5.72. The molecule has 0 saturated carbocycles. The number of aromatic nitrogens is 1. The van der Waals surface area contributed by atoms with Gasteiger partial charge in [-0.2, -0.15) is 0 Å². The van der Waals surface area contributed by atoms with Crippen LogP contribution in [0.5, 0.6) is 0 Å². The molecule has 5 heteroatoms. The lowest BCUT2D eigenvalue weighted by atomic mass is 10.1. The molecule has 98 valence electrons. The third-order valence-electron chi connectivity index (χ3n) is 2.74. The van der Waals surface area contributed by atoms with Crippen LogP contribution in [0, 0.1) is 13.8 Å². The number of nitrogens with zero attached hydrogens (tertiary/aromatic N) is 1. The maximum absolute atomic E-state index is 12.2. The summed E-state index contributed by atoms with van der Waals surface area (Å²) >= 11 is 9.15. The maximum atomic E-state index is 12.2. The van der Waals surface area contributed by atoms with Crippen molar-refractivity contribution in [2.45, 2.75) is 13.8 Å². The van der Waals surface area contributed by atoms with E-state index in [0.29, 0.717) is 22.1 Å². The largest absolute Gasteiger partial charge is 0.320 e. The molecule has 0 radical (unpaired) electrons. The molecule has 1 aromatic heterocycles. The average Bonchev–Trinajstić information content (AvgIpc) is 2.35. The molecule has 0 saturated heterocycles. The smallest absolute Gasteiger partial charge is 0.256 e. The summed E-state index contributed by atoms with van der Waals surface area (Å²) in [6, 6.07) is 8.99. The van der Waals surface area contributed by atoms with Gasteiger partial charge in [-0.15, -0.1) is 0 Å². The van der Waals surface area contributed by atoms with Gasteiger partial charge in [0.05, 0.1) is 11.4 Å². The highest BCUT2D eigenvalue weighted by molar-refractivity contribution is 9.10. The monoisotopic (exact) mass is 338 g/mol. The Balaban J connectivity index is 2.28. The van der Waals surface area contributed by atoms with Crippen LogP contribution in [0.3, 0.4) is 0 Å². The lowest BCUT2D eigenvalue weighted by molar-refractivity contribution is 0.102. The van der Waals surface area contributed by atoms with Gasteiger partial charge in [-0.1, -0.05) is 33.6 Å². The fourth-order valence-electron chi connectivity index (χ4n) is 1.69. The van der Waals surface area contributed by atoms with Gasteiger partial charge in [0.2, 0.25) is 0 Å². The minimum Gasteiger partial charge on any atom is -0.320 e. The summed E-state index contributed by atoms with van der Waals surface area (Å²) in [6.07, 6.45) is 0. The normalized spacial score (nSPS) is 10.3. The quantitative estimate of drug-likeness (QED) is 0.826. The molecule has 1 amide bonds. The Bertz CT molecular complexity index is 643. The summed E-state index contributed by atoms with van der Waals surface area (Å²) in [4.78, 5) is 16.3. The fourth-order valence-corrected chi connectivity index (χ4v) is 2.24. The Morgan fingerprint density at radius 1 is 1.26 bits per heavy atom. The van der Waals surface area contributed by atoms with Gasteiger partial charge in [-0.3, -0.25) is 4.79 Å². The zero-order chi connectivity index (χ0) is 14.0. The number of hydrogen-bond acceptors (Lipinski definition) is 2. The van der Waals surface area contributed by atoms with Gasteiger partial charge in [0.15, 0.2) is 0 Å². The van der Waals surface area contributed by atoms with E-state index in [1.54, 1.807) is 25.1 Å². The van der Waals surface area contributed by atoms with E-state index in [9.17, 15) is 4.79 Å². The van der Waals surface area contributed by atoms with Gasteiger partial charge >= 0.3 is 0 Å². The molecule has 0 atom stereocenters. The summed E-state index contributed by atoms with van der Waals surface area (Å²) in [5.41, 5.74) is 2.89. The maximum Gasteiger partial charge on any atom is 0.256 e. The van der Waals surface area contributed by atoms with Crippen LogP contribution < -0.4 is 5.32 Å². The van der Waals surface area contributed by atoms with Gasteiger partial charge in [-0.25, -0.2) is 4.98 Å². The summed E-state index contributed by atoms with van der Waals surface area (Å²) in [7, 11) is 0. The van der Waals surface area contributed by atoms with E-state index in [-0.39, 0.29) is 5.91 Å². The van der Waals surface area contributed by atoms with Crippen molar-refractivity contribution in [3.8, 4) is 0 Å². The number of halogens is 2. The van der Waals surface area contributed by atoms with Crippen LogP contribution in [0.2, 0.25) is 5.15 Å². The molecular weight excluding hydrogens is 328 g/mol. The molecule has 19 heavy (non-hydrogen) atoms. The first kappa shape index (κ1) is 14.0. The number of rotatable bonds is 2. The van der Waals surface area contributed by atoms with Crippen molar-refractivity contribution in [3.63, 3.8) is 0 Å². The molecule has 3 nitrogen and oxygen atoms in total. The van der Waals surface area contributed by atoms with Crippen molar-refractivity contribution < 1.29 is 4.79 Å². The Morgan fingerprint density at radius 3 is 2.68 bits per heavy atom. The highest BCUT2D eigenvalue weighted by atomic mass is 79.9. The van der Waals surface area contributed by atoms with Crippen LogP contribution >= 0.6 is 27.5 Å². The van der Waals surface area contributed by atoms with E-state index >= 15 is 0 Å². The van der Waals surface area contributed by atoms with Crippen molar-refractivity contribution in [2.75, 3.05) is 5.32 Å². The van der Waals surface area contributed by atoms with Crippen molar-refractivity contribution in [1.82, 2.24) is 4.98 Å². The number of carbonyl (C=O) groups excluding carboxylic acids is 1. The van der Waals surface area contributed by atoms with E-state index < -0.39 is 0 Å². The Hall–Kier alpha value is -1.39.